The molecular formula is C28H27FN2O4S. The highest BCUT2D eigenvalue weighted by Crippen LogP contribution is 2.38. The van der Waals surface area contributed by atoms with Crippen LogP contribution in [0.2, 0.25) is 0 Å². The Balaban J connectivity index is 1.60. The van der Waals surface area contributed by atoms with Crippen molar-refractivity contribution in [3.63, 3.8) is 0 Å². The molecule has 0 radical (unpaired) electrons. The van der Waals surface area contributed by atoms with Crippen molar-refractivity contribution in [2.24, 2.45) is 5.92 Å². The Morgan fingerprint density at radius 2 is 1.72 bits per heavy atom. The average Bonchev–Trinajstić information content (AvgIpc) is 2.94. The minimum atomic E-state index is -4.04. The van der Waals surface area contributed by atoms with E-state index in [4.69, 9.17) is 0 Å². The zero-order valence-electron chi connectivity index (χ0n) is 19.9. The molecule has 1 heterocycles. The van der Waals surface area contributed by atoms with Crippen molar-refractivity contribution in [2.75, 3.05) is 4.90 Å². The van der Waals surface area contributed by atoms with Crippen molar-refractivity contribution in [3.8, 4) is 0 Å². The van der Waals surface area contributed by atoms with Crippen molar-refractivity contribution >= 4 is 27.3 Å². The number of carbonyl (C=O) groups is 2. The molecule has 1 N–H and O–H groups in total. The number of sulfone groups is 1. The normalized spacial score (nSPS) is 20.7. The molecule has 0 saturated heterocycles. The molecule has 3 aromatic rings. The summed E-state index contributed by atoms with van der Waals surface area (Å²) in [7, 11) is -4.04. The van der Waals surface area contributed by atoms with E-state index in [1.807, 2.05) is 0 Å². The number of hydrogen-bond acceptors (Lipinski definition) is 4. The van der Waals surface area contributed by atoms with E-state index in [-0.39, 0.29) is 45.1 Å². The van der Waals surface area contributed by atoms with E-state index in [2.05, 4.69) is 12.2 Å². The van der Waals surface area contributed by atoms with Crippen LogP contribution in [-0.4, -0.2) is 26.3 Å². The van der Waals surface area contributed by atoms with Crippen molar-refractivity contribution < 1.29 is 22.4 Å². The first-order chi connectivity index (χ1) is 17.3. The maximum atomic E-state index is 13.7. The van der Waals surface area contributed by atoms with Crippen LogP contribution in [0.25, 0.3) is 0 Å². The van der Waals surface area contributed by atoms with Gasteiger partial charge in [-0.15, -0.1) is 0 Å². The van der Waals surface area contributed by atoms with Gasteiger partial charge in [0.25, 0.3) is 11.8 Å². The number of nitrogens with zero attached hydrogens (tertiary/aromatic N) is 1. The number of benzene rings is 3. The van der Waals surface area contributed by atoms with Crippen LogP contribution in [-0.2, 0) is 16.4 Å². The Morgan fingerprint density at radius 3 is 2.47 bits per heavy atom. The molecule has 0 bridgehead atoms. The molecule has 6 nitrogen and oxygen atoms in total. The van der Waals surface area contributed by atoms with E-state index in [1.165, 1.54) is 47.4 Å². The Labute approximate surface area is 210 Å². The van der Waals surface area contributed by atoms with Crippen LogP contribution in [0.5, 0.6) is 0 Å². The van der Waals surface area contributed by atoms with Gasteiger partial charge in [0.15, 0.2) is 0 Å². The summed E-state index contributed by atoms with van der Waals surface area (Å²) in [6, 6.07) is 16.2. The summed E-state index contributed by atoms with van der Waals surface area (Å²) in [6.45, 7) is 2.13. The van der Waals surface area contributed by atoms with Gasteiger partial charge in [-0.3, -0.25) is 9.59 Å². The second-order valence-corrected chi connectivity index (χ2v) is 11.4. The van der Waals surface area contributed by atoms with Gasteiger partial charge >= 0.3 is 0 Å². The number of hydrogen-bond donors (Lipinski definition) is 1. The molecule has 0 aromatic heterocycles. The summed E-state index contributed by atoms with van der Waals surface area (Å²) in [5.41, 5.74) is 1.09. The minimum absolute atomic E-state index is 0.0146. The molecule has 1 saturated carbocycles. The maximum Gasteiger partial charge on any atom is 0.259 e. The molecule has 2 atom stereocenters. The fourth-order valence-electron chi connectivity index (χ4n) is 5.06. The monoisotopic (exact) mass is 506 g/mol. The van der Waals surface area contributed by atoms with Crippen molar-refractivity contribution in [2.45, 2.75) is 55.0 Å². The fraction of sp³-hybridized carbons (Fsp3) is 0.286. The van der Waals surface area contributed by atoms with Crippen LogP contribution < -0.4 is 10.2 Å². The van der Waals surface area contributed by atoms with E-state index in [1.54, 1.807) is 24.3 Å². The molecule has 0 spiro atoms. The molecule has 36 heavy (non-hydrogen) atoms. The first-order valence-electron chi connectivity index (χ1n) is 12.1. The van der Waals surface area contributed by atoms with E-state index >= 15 is 0 Å². The van der Waals surface area contributed by atoms with Crippen LogP contribution >= 0.6 is 0 Å². The van der Waals surface area contributed by atoms with E-state index in [0.717, 1.165) is 25.7 Å². The van der Waals surface area contributed by atoms with Gasteiger partial charge in [-0.25, -0.2) is 12.8 Å². The third-order valence-electron chi connectivity index (χ3n) is 7.14. The number of nitrogens with one attached hydrogen (secondary N) is 1. The van der Waals surface area contributed by atoms with Crippen molar-refractivity contribution in [1.82, 2.24) is 5.32 Å². The van der Waals surface area contributed by atoms with Gasteiger partial charge in [-0.2, -0.15) is 0 Å². The fourth-order valence-corrected chi connectivity index (χ4v) is 6.69. The Morgan fingerprint density at radius 1 is 1.00 bits per heavy atom. The lowest BCUT2D eigenvalue weighted by Crippen LogP contribution is -2.41. The zero-order valence-corrected chi connectivity index (χ0v) is 20.7. The van der Waals surface area contributed by atoms with E-state index in [9.17, 15) is 22.4 Å². The number of rotatable bonds is 4. The van der Waals surface area contributed by atoms with Crippen LogP contribution in [0.15, 0.2) is 76.5 Å². The predicted molar refractivity (Wildman–Crippen MR) is 134 cm³/mol. The standard InChI is InChI=1S/C28H27FN2O4S/c1-18-6-2-4-8-23(18)30-27(32)20-12-15-26-24(16-20)31(17-19-10-13-21(29)14-11-19)28(33)22-7-3-5-9-25(22)36(26,34)35/h3,5,7,9-16,18,23H,2,4,6,8,17H2,1H3,(H,30,32). The molecule has 1 aliphatic heterocycles. The summed E-state index contributed by atoms with van der Waals surface area (Å²) < 4.78 is 40.7. The predicted octanol–water partition coefficient (Wildman–Crippen LogP) is 5.13. The van der Waals surface area contributed by atoms with E-state index in [0.29, 0.717) is 11.5 Å². The van der Waals surface area contributed by atoms with Gasteiger partial charge in [-0.05, 0) is 66.8 Å². The molecule has 2 aliphatic rings. The molecular weight excluding hydrogens is 479 g/mol. The van der Waals surface area contributed by atoms with Crippen molar-refractivity contribution in [1.29, 1.82) is 0 Å². The smallest absolute Gasteiger partial charge is 0.259 e. The van der Waals surface area contributed by atoms with Gasteiger partial charge in [0.2, 0.25) is 9.84 Å². The van der Waals surface area contributed by atoms with E-state index < -0.39 is 21.6 Å². The Hall–Kier alpha value is -3.52. The maximum absolute atomic E-state index is 13.7. The second kappa shape index (κ2) is 9.50. The third kappa shape index (κ3) is 4.41. The highest BCUT2D eigenvalue weighted by atomic mass is 32.2. The largest absolute Gasteiger partial charge is 0.349 e. The first-order valence-corrected chi connectivity index (χ1v) is 13.6. The molecule has 2 unspecified atom stereocenters. The minimum Gasteiger partial charge on any atom is -0.349 e. The van der Waals surface area contributed by atoms with Crippen LogP contribution in [0.4, 0.5) is 10.1 Å². The van der Waals surface area contributed by atoms with Crippen LogP contribution in [0, 0.1) is 11.7 Å². The Kier molecular flexibility index (Phi) is 6.38. The molecule has 186 valence electrons. The van der Waals surface area contributed by atoms with Gasteiger partial charge in [0.05, 0.1) is 27.6 Å². The quantitative estimate of drug-likeness (QED) is 0.532. The lowest BCUT2D eigenvalue weighted by Gasteiger charge is -2.29. The van der Waals surface area contributed by atoms with Gasteiger partial charge in [-0.1, -0.05) is 44.0 Å². The first kappa shape index (κ1) is 24.2. The molecule has 8 heteroatoms. The van der Waals surface area contributed by atoms with Gasteiger partial charge in [0.1, 0.15) is 5.82 Å². The number of amides is 2. The average molecular weight is 507 g/mol. The molecule has 1 aliphatic carbocycles. The third-order valence-corrected chi connectivity index (χ3v) is 8.99. The van der Waals surface area contributed by atoms with Crippen molar-refractivity contribution in [3.05, 3.63) is 89.2 Å². The lowest BCUT2D eigenvalue weighted by molar-refractivity contribution is 0.0908. The summed E-state index contributed by atoms with van der Waals surface area (Å²) in [5, 5.41) is 3.09. The molecule has 5 rings (SSSR count). The topological polar surface area (TPSA) is 83.6 Å². The SMILES string of the molecule is CC1CCCCC1NC(=O)c1ccc2c(c1)N(Cc1ccc(F)cc1)C(=O)c1ccccc1S2(=O)=O. The summed E-state index contributed by atoms with van der Waals surface area (Å²) in [6.07, 6.45) is 4.14. The highest BCUT2D eigenvalue weighted by Gasteiger charge is 2.36. The second-order valence-electron chi connectivity index (χ2n) is 9.54. The Bertz CT molecular complexity index is 1440. The highest BCUT2D eigenvalue weighted by molar-refractivity contribution is 7.91. The molecule has 2 amide bonds. The van der Waals surface area contributed by atoms with Gasteiger partial charge in [0, 0.05) is 11.6 Å². The number of fused-ring (bicyclic) bond motifs is 2. The number of halogens is 1. The zero-order chi connectivity index (χ0) is 25.4. The summed E-state index contributed by atoms with van der Waals surface area (Å²) >= 11 is 0. The number of anilines is 1. The molecule has 3 aromatic carbocycles. The number of carbonyl (C=O) groups excluding carboxylic acids is 2. The van der Waals surface area contributed by atoms with Gasteiger partial charge < -0.3 is 10.2 Å². The lowest BCUT2D eigenvalue weighted by atomic mass is 9.86. The summed E-state index contributed by atoms with van der Waals surface area (Å²) in [5.74, 6) is -0.860. The van der Waals surface area contributed by atoms with Crippen LogP contribution in [0.1, 0.15) is 58.9 Å². The molecule has 1 fully saturated rings. The summed E-state index contributed by atoms with van der Waals surface area (Å²) in [4.78, 5) is 28.1. The van der Waals surface area contributed by atoms with Crippen LogP contribution in [0.3, 0.4) is 0 Å².